The largest absolute Gasteiger partial charge is 0.497 e. The van der Waals surface area contributed by atoms with E-state index < -0.39 is 11.9 Å². The van der Waals surface area contributed by atoms with Gasteiger partial charge in [-0.25, -0.2) is 9.78 Å². The Balaban J connectivity index is 1.66. The van der Waals surface area contributed by atoms with Crippen LogP contribution < -0.4 is 25.8 Å². The molecule has 0 atom stereocenters. The van der Waals surface area contributed by atoms with Crippen molar-refractivity contribution in [1.29, 1.82) is 0 Å². The van der Waals surface area contributed by atoms with Crippen molar-refractivity contribution in [2.24, 2.45) is 5.73 Å². The van der Waals surface area contributed by atoms with Crippen LogP contribution in [0.3, 0.4) is 0 Å². The van der Waals surface area contributed by atoms with Crippen LogP contribution in [0.2, 0.25) is 0 Å². The second-order valence-electron chi connectivity index (χ2n) is 7.64. The number of fused-ring (bicyclic) bond motifs is 1. The molecule has 0 aliphatic rings. The first-order valence-electron chi connectivity index (χ1n) is 10.8. The Bertz CT molecular complexity index is 1420. The van der Waals surface area contributed by atoms with E-state index in [1.807, 2.05) is 24.3 Å². The van der Waals surface area contributed by atoms with Gasteiger partial charge in [0.2, 0.25) is 5.95 Å². The Hall–Kier alpha value is -5.06. The molecule has 0 unspecified atom stereocenters. The number of carboxylic acids is 1. The lowest BCUT2D eigenvalue weighted by atomic mass is 10.1. The SMILES string of the molecule is COc1cc(Nc2nc(NCc3ccc(/C=C/C(=O)O)cc3)n3ccnc3c2C(N)=O)cc(OC)c1. The predicted octanol–water partition coefficient (Wildman–Crippen LogP) is 3.30. The number of aromatic nitrogens is 3. The topological polar surface area (TPSA) is 153 Å². The number of carbonyl (C=O) groups excluding carboxylic acids is 1. The molecular weight excluding hydrogens is 464 g/mol. The van der Waals surface area contributed by atoms with Crippen molar-refractivity contribution < 1.29 is 24.2 Å². The molecule has 0 spiro atoms. The third-order valence-corrected chi connectivity index (χ3v) is 5.26. The highest BCUT2D eigenvalue weighted by atomic mass is 16.5. The molecule has 0 saturated heterocycles. The van der Waals surface area contributed by atoms with Crippen molar-refractivity contribution in [2.75, 3.05) is 24.9 Å². The average molecular weight is 489 g/mol. The number of nitrogens with two attached hydrogens (primary N) is 1. The van der Waals surface area contributed by atoms with Crippen LogP contribution in [0.4, 0.5) is 17.5 Å². The van der Waals surface area contributed by atoms with Gasteiger partial charge < -0.3 is 30.9 Å². The van der Waals surface area contributed by atoms with Crippen LogP contribution in [0.25, 0.3) is 11.7 Å². The highest BCUT2D eigenvalue weighted by Crippen LogP contribution is 2.30. The van der Waals surface area contributed by atoms with E-state index in [0.29, 0.717) is 35.3 Å². The molecule has 2 heterocycles. The third-order valence-electron chi connectivity index (χ3n) is 5.26. The van der Waals surface area contributed by atoms with Gasteiger partial charge in [-0.2, -0.15) is 4.98 Å². The summed E-state index contributed by atoms with van der Waals surface area (Å²) in [4.78, 5) is 32.0. The number of nitrogens with zero attached hydrogens (tertiary/aromatic N) is 3. The molecule has 0 fully saturated rings. The van der Waals surface area contributed by atoms with Crippen LogP contribution in [-0.4, -0.2) is 45.6 Å². The number of primary amides is 1. The normalized spacial score (nSPS) is 10.9. The fraction of sp³-hybridized carbons (Fsp3) is 0.120. The predicted molar refractivity (Wildman–Crippen MR) is 135 cm³/mol. The van der Waals surface area contributed by atoms with Gasteiger partial charge in [0.1, 0.15) is 17.1 Å². The van der Waals surface area contributed by atoms with Crippen LogP contribution in [0.15, 0.2) is 60.9 Å². The maximum atomic E-state index is 12.4. The monoisotopic (exact) mass is 488 g/mol. The number of nitrogens with one attached hydrogen (secondary N) is 2. The Kier molecular flexibility index (Phi) is 7.00. The van der Waals surface area contributed by atoms with Gasteiger partial charge in [-0.3, -0.25) is 9.20 Å². The smallest absolute Gasteiger partial charge is 0.328 e. The van der Waals surface area contributed by atoms with Crippen LogP contribution in [0.1, 0.15) is 21.5 Å². The summed E-state index contributed by atoms with van der Waals surface area (Å²) in [7, 11) is 3.08. The highest BCUT2D eigenvalue weighted by Gasteiger charge is 2.20. The number of hydrogen-bond donors (Lipinski definition) is 4. The van der Waals surface area contributed by atoms with Gasteiger partial charge in [-0.15, -0.1) is 0 Å². The van der Waals surface area contributed by atoms with Gasteiger partial charge in [0.15, 0.2) is 11.5 Å². The summed E-state index contributed by atoms with van der Waals surface area (Å²) in [6, 6.07) is 12.6. The molecule has 0 aliphatic carbocycles. The Morgan fingerprint density at radius 3 is 2.42 bits per heavy atom. The van der Waals surface area contributed by atoms with Gasteiger partial charge >= 0.3 is 5.97 Å². The number of rotatable bonds is 10. The number of imidazole rings is 1. The zero-order valence-electron chi connectivity index (χ0n) is 19.6. The van der Waals surface area contributed by atoms with E-state index in [9.17, 15) is 9.59 Å². The van der Waals surface area contributed by atoms with E-state index in [2.05, 4.69) is 20.6 Å². The molecule has 11 nitrogen and oxygen atoms in total. The maximum Gasteiger partial charge on any atom is 0.328 e. The number of methoxy groups -OCH3 is 2. The quantitative estimate of drug-likeness (QED) is 0.246. The van der Waals surface area contributed by atoms with E-state index in [1.54, 1.807) is 49.2 Å². The molecule has 36 heavy (non-hydrogen) atoms. The standard InChI is InChI=1S/C25H24N6O5/c1-35-18-11-17(12-19(13-18)36-2)29-23-21(22(26)34)24-27-9-10-31(24)25(30-23)28-14-16-5-3-15(4-6-16)7-8-20(32)33/h3-13,29H,14H2,1-2H3,(H2,26,34)(H,28,30)(H,32,33)/b8-7+. The second kappa shape index (κ2) is 10.5. The van der Waals surface area contributed by atoms with E-state index in [0.717, 1.165) is 17.2 Å². The lowest BCUT2D eigenvalue weighted by Gasteiger charge is -2.16. The number of ether oxygens (including phenoxy) is 2. The first kappa shape index (κ1) is 24.1. The van der Waals surface area contributed by atoms with E-state index in [-0.39, 0.29) is 11.4 Å². The van der Waals surface area contributed by atoms with Crippen LogP contribution in [0.5, 0.6) is 11.5 Å². The summed E-state index contributed by atoms with van der Waals surface area (Å²) in [5.41, 5.74) is 8.44. The maximum absolute atomic E-state index is 12.4. The molecule has 184 valence electrons. The molecule has 11 heteroatoms. The van der Waals surface area contributed by atoms with Gasteiger partial charge in [-0.1, -0.05) is 24.3 Å². The molecule has 0 saturated carbocycles. The van der Waals surface area contributed by atoms with Crippen molar-refractivity contribution in [3.63, 3.8) is 0 Å². The summed E-state index contributed by atoms with van der Waals surface area (Å²) in [5.74, 6) is 0.0617. The number of aliphatic carboxylic acids is 1. The van der Waals surface area contributed by atoms with E-state index >= 15 is 0 Å². The second-order valence-corrected chi connectivity index (χ2v) is 7.64. The number of benzene rings is 2. The number of carboxylic acid groups (broad SMARTS) is 1. The van der Waals surface area contributed by atoms with Crippen molar-refractivity contribution in [3.05, 3.63) is 77.6 Å². The van der Waals surface area contributed by atoms with Crippen molar-refractivity contribution in [1.82, 2.24) is 14.4 Å². The number of amides is 1. The summed E-state index contributed by atoms with van der Waals surface area (Å²) in [6.07, 6.45) is 5.83. The van der Waals surface area contributed by atoms with Crippen LogP contribution >= 0.6 is 0 Å². The van der Waals surface area contributed by atoms with E-state index in [4.69, 9.17) is 20.3 Å². The molecule has 0 aliphatic heterocycles. The first-order chi connectivity index (χ1) is 17.4. The molecule has 1 amide bonds. The number of hydrogen-bond acceptors (Lipinski definition) is 8. The molecule has 5 N–H and O–H groups in total. The minimum absolute atomic E-state index is 0.127. The summed E-state index contributed by atoms with van der Waals surface area (Å²) >= 11 is 0. The fourth-order valence-electron chi connectivity index (χ4n) is 3.53. The Labute approximate surface area is 206 Å². The molecule has 4 rings (SSSR count). The Morgan fingerprint density at radius 1 is 1.11 bits per heavy atom. The molecule has 2 aromatic carbocycles. The van der Waals surface area contributed by atoms with Gasteiger partial charge in [0, 0.05) is 48.9 Å². The summed E-state index contributed by atoms with van der Waals surface area (Å²) < 4.78 is 12.3. The lowest BCUT2D eigenvalue weighted by Crippen LogP contribution is -2.18. The number of anilines is 3. The molecule has 0 radical (unpaired) electrons. The van der Waals surface area contributed by atoms with Gasteiger partial charge in [0.25, 0.3) is 5.91 Å². The van der Waals surface area contributed by atoms with Crippen molar-refractivity contribution >= 4 is 41.1 Å². The zero-order chi connectivity index (χ0) is 25.7. The minimum atomic E-state index is -1.01. The third kappa shape index (κ3) is 5.36. The highest BCUT2D eigenvalue weighted by molar-refractivity contribution is 6.04. The van der Waals surface area contributed by atoms with Gasteiger partial charge in [0.05, 0.1) is 14.2 Å². The molecule has 4 aromatic rings. The van der Waals surface area contributed by atoms with Crippen molar-refractivity contribution in [2.45, 2.75) is 6.54 Å². The minimum Gasteiger partial charge on any atom is -0.497 e. The lowest BCUT2D eigenvalue weighted by molar-refractivity contribution is -0.131. The molecular formula is C25H24N6O5. The van der Waals surface area contributed by atoms with Crippen LogP contribution in [0, 0.1) is 0 Å². The Morgan fingerprint density at radius 2 is 1.81 bits per heavy atom. The number of carbonyl (C=O) groups is 2. The zero-order valence-corrected chi connectivity index (χ0v) is 19.6. The van der Waals surface area contributed by atoms with Gasteiger partial charge in [-0.05, 0) is 17.2 Å². The summed E-state index contributed by atoms with van der Waals surface area (Å²) in [5, 5.41) is 15.2. The van der Waals surface area contributed by atoms with E-state index in [1.165, 1.54) is 6.08 Å². The average Bonchev–Trinajstić information content (AvgIpc) is 3.35. The van der Waals surface area contributed by atoms with Crippen molar-refractivity contribution in [3.8, 4) is 11.5 Å². The molecule has 2 aromatic heterocycles. The first-order valence-corrected chi connectivity index (χ1v) is 10.8. The molecule has 0 bridgehead atoms. The van der Waals surface area contributed by atoms with Crippen LogP contribution in [-0.2, 0) is 11.3 Å². The fourth-order valence-corrected chi connectivity index (χ4v) is 3.53. The summed E-state index contributed by atoms with van der Waals surface area (Å²) in [6.45, 7) is 0.408.